The van der Waals surface area contributed by atoms with Gasteiger partial charge in [-0.1, -0.05) is 20.8 Å². The maximum atomic E-state index is 10.1. The number of rotatable bonds is 3. The standard InChI is InChI=1S/C5H9NO2.C2H6/c1-2-3-6-5(8)4-7;1-2/h4H,2-3H2,1H3,(H,6,8);1-2H3. The number of carbonyl (C=O) groups excluding carboxylic acids is 2. The van der Waals surface area contributed by atoms with Crippen molar-refractivity contribution in [2.75, 3.05) is 6.54 Å². The lowest BCUT2D eigenvalue weighted by molar-refractivity contribution is -0.131. The van der Waals surface area contributed by atoms with Crippen LogP contribution in [0.1, 0.15) is 27.2 Å². The summed E-state index contributed by atoms with van der Waals surface area (Å²) >= 11 is 0. The van der Waals surface area contributed by atoms with Gasteiger partial charge in [0.1, 0.15) is 0 Å². The van der Waals surface area contributed by atoms with E-state index in [0.29, 0.717) is 6.54 Å². The minimum atomic E-state index is -0.535. The number of hydrogen-bond acceptors (Lipinski definition) is 2. The number of nitrogens with one attached hydrogen (secondary N) is 1. The van der Waals surface area contributed by atoms with E-state index >= 15 is 0 Å². The summed E-state index contributed by atoms with van der Waals surface area (Å²) in [5.74, 6) is -0.535. The maximum absolute atomic E-state index is 10.1. The zero-order valence-corrected chi connectivity index (χ0v) is 6.81. The average Bonchev–Trinajstić information content (AvgIpc) is 2.04. The van der Waals surface area contributed by atoms with Crippen molar-refractivity contribution in [2.45, 2.75) is 27.2 Å². The van der Waals surface area contributed by atoms with Crippen LogP contribution in [-0.2, 0) is 9.59 Å². The molecule has 0 fully saturated rings. The van der Waals surface area contributed by atoms with Crippen molar-refractivity contribution in [2.24, 2.45) is 0 Å². The van der Waals surface area contributed by atoms with E-state index in [0.717, 1.165) is 6.42 Å². The Labute approximate surface area is 61.8 Å². The van der Waals surface area contributed by atoms with Crippen LogP contribution in [0.5, 0.6) is 0 Å². The molecule has 0 saturated carbocycles. The summed E-state index contributed by atoms with van der Waals surface area (Å²) in [6.07, 6.45) is 1.13. The van der Waals surface area contributed by atoms with Gasteiger partial charge in [-0.15, -0.1) is 0 Å². The third-order valence-electron chi connectivity index (χ3n) is 0.656. The van der Waals surface area contributed by atoms with E-state index < -0.39 is 5.91 Å². The fourth-order valence-corrected chi connectivity index (χ4v) is 0.290. The fraction of sp³-hybridized carbons (Fsp3) is 0.714. The van der Waals surface area contributed by atoms with Gasteiger partial charge in [0.25, 0.3) is 5.91 Å². The predicted octanol–water partition coefficient (Wildman–Crippen LogP) is 0.738. The lowest BCUT2D eigenvalue weighted by Crippen LogP contribution is -2.24. The summed E-state index contributed by atoms with van der Waals surface area (Å²) in [6, 6.07) is 0. The van der Waals surface area contributed by atoms with E-state index in [1.807, 2.05) is 20.8 Å². The van der Waals surface area contributed by atoms with Crippen LogP contribution in [0.25, 0.3) is 0 Å². The van der Waals surface area contributed by atoms with Crippen molar-refractivity contribution < 1.29 is 9.59 Å². The first kappa shape index (κ1) is 11.9. The Kier molecular flexibility index (Phi) is 13.1. The van der Waals surface area contributed by atoms with Crippen LogP contribution < -0.4 is 5.32 Å². The Morgan fingerprint density at radius 2 is 2.00 bits per heavy atom. The molecular formula is C7H15NO2. The summed E-state index contributed by atoms with van der Waals surface area (Å²) in [5, 5.41) is 2.38. The van der Waals surface area contributed by atoms with Crippen molar-refractivity contribution in [1.29, 1.82) is 0 Å². The molecule has 0 unspecified atom stereocenters. The van der Waals surface area contributed by atoms with Gasteiger partial charge in [-0.25, -0.2) is 0 Å². The molecule has 0 aromatic rings. The minimum Gasteiger partial charge on any atom is -0.350 e. The highest BCUT2D eigenvalue weighted by Crippen LogP contribution is 1.66. The zero-order chi connectivity index (χ0) is 8.41. The van der Waals surface area contributed by atoms with Gasteiger partial charge < -0.3 is 5.32 Å². The lowest BCUT2D eigenvalue weighted by Gasteiger charge is -1.92. The van der Waals surface area contributed by atoms with Crippen molar-refractivity contribution in [1.82, 2.24) is 5.32 Å². The van der Waals surface area contributed by atoms with Gasteiger partial charge in [0, 0.05) is 6.54 Å². The second-order valence-corrected chi connectivity index (χ2v) is 1.41. The lowest BCUT2D eigenvalue weighted by atomic mass is 10.5. The van der Waals surface area contributed by atoms with E-state index in [-0.39, 0.29) is 6.29 Å². The third-order valence-corrected chi connectivity index (χ3v) is 0.656. The normalized spacial score (nSPS) is 7.10. The van der Waals surface area contributed by atoms with Crippen LogP contribution in [0.15, 0.2) is 0 Å². The molecule has 10 heavy (non-hydrogen) atoms. The molecule has 3 nitrogen and oxygen atoms in total. The van der Waals surface area contributed by atoms with Gasteiger partial charge in [-0.3, -0.25) is 9.59 Å². The predicted molar refractivity (Wildman–Crippen MR) is 40.7 cm³/mol. The first-order valence-electron chi connectivity index (χ1n) is 3.54. The monoisotopic (exact) mass is 145 g/mol. The molecule has 0 aromatic carbocycles. The third kappa shape index (κ3) is 10.2. The second kappa shape index (κ2) is 11.0. The van der Waals surface area contributed by atoms with Crippen molar-refractivity contribution in [3.05, 3.63) is 0 Å². The minimum absolute atomic E-state index is 0.273. The Hall–Kier alpha value is -0.860. The molecule has 0 aliphatic carbocycles. The smallest absolute Gasteiger partial charge is 0.284 e. The molecule has 0 aliphatic rings. The highest BCUT2D eigenvalue weighted by Gasteiger charge is 1.91. The molecule has 1 N–H and O–H groups in total. The Bertz CT molecular complexity index is 91.6. The highest BCUT2D eigenvalue weighted by molar-refractivity contribution is 6.23. The number of hydrogen-bond donors (Lipinski definition) is 1. The molecule has 0 rings (SSSR count). The SMILES string of the molecule is CC.CCCNC(=O)C=O. The molecular weight excluding hydrogens is 130 g/mol. The summed E-state index contributed by atoms with van der Waals surface area (Å²) in [6.45, 7) is 6.50. The van der Waals surface area contributed by atoms with Crippen LogP contribution in [0.2, 0.25) is 0 Å². The molecule has 0 spiro atoms. The number of amides is 1. The molecule has 1 amide bonds. The van der Waals surface area contributed by atoms with Crippen LogP contribution in [-0.4, -0.2) is 18.7 Å². The summed E-state index contributed by atoms with van der Waals surface area (Å²) < 4.78 is 0. The molecule has 60 valence electrons. The van der Waals surface area contributed by atoms with E-state index in [1.54, 1.807) is 0 Å². The quantitative estimate of drug-likeness (QED) is 0.470. The van der Waals surface area contributed by atoms with Crippen molar-refractivity contribution in [3.8, 4) is 0 Å². The van der Waals surface area contributed by atoms with Gasteiger partial charge in [-0.2, -0.15) is 0 Å². The Morgan fingerprint density at radius 1 is 1.50 bits per heavy atom. The van der Waals surface area contributed by atoms with Crippen LogP contribution >= 0.6 is 0 Å². The second-order valence-electron chi connectivity index (χ2n) is 1.41. The largest absolute Gasteiger partial charge is 0.350 e. The first-order valence-corrected chi connectivity index (χ1v) is 3.54. The number of aldehydes is 1. The van der Waals surface area contributed by atoms with Crippen LogP contribution in [0, 0.1) is 0 Å². The maximum Gasteiger partial charge on any atom is 0.284 e. The van der Waals surface area contributed by atoms with Crippen LogP contribution in [0.3, 0.4) is 0 Å². The van der Waals surface area contributed by atoms with Gasteiger partial charge in [0.2, 0.25) is 6.29 Å². The van der Waals surface area contributed by atoms with Gasteiger partial charge >= 0.3 is 0 Å². The molecule has 0 radical (unpaired) electrons. The van der Waals surface area contributed by atoms with E-state index in [1.165, 1.54) is 0 Å². The first-order chi connectivity index (χ1) is 4.81. The van der Waals surface area contributed by atoms with E-state index in [9.17, 15) is 9.59 Å². The van der Waals surface area contributed by atoms with E-state index in [2.05, 4.69) is 5.32 Å². The highest BCUT2D eigenvalue weighted by atomic mass is 16.2. The number of carbonyl (C=O) groups is 2. The molecule has 0 saturated heterocycles. The van der Waals surface area contributed by atoms with Crippen LogP contribution in [0.4, 0.5) is 0 Å². The van der Waals surface area contributed by atoms with Gasteiger partial charge in [0.05, 0.1) is 0 Å². The summed E-state index contributed by atoms with van der Waals surface area (Å²) in [7, 11) is 0. The van der Waals surface area contributed by atoms with Crippen molar-refractivity contribution in [3.63, 3.8) is 0 Å². The molecule has 0 aromatic heterocycles. The van der Waals surface area contributed by atoms with Gasteiger partial charge in [-0.05, 0) is 6.42 Å². The molecule has 0 aliphatic heterocycles. The van der Waals surface area contributed by atoms with E-state index in [4.69, 9.17) is 0 Å². The molecule has 0 atom stereocenters. The van der Waals surface area contributed by atoms with Crippen molar-refractivity contribution >= 4 is 12.2 Å². The molecule has 3 heteroatoms. The summed E-state index contributed by atoms with van der Waals surface area (Å²) in [4.78, 5) is 19.7. The average molecular weight is 145 g/mol. The topological polar surface area (TPSA) is 46.2 Å². The molecule has 0 bridgehead atoms. The molecule has 0 heterocycles. The summed E-state index contributed by atoms with van der Waals surface area (Å²) in [5.41, 5.74) is 0. The van der Waals surface area contributed by atoms with Gasteiger partial charge in [0.15, 0.2) is 0 Å². The zero-order valence-electron chi connectivity index (χ0n) is 6.81. The Balaban J connectivity index is 0. The Morgan fingerprint density at radius 3 is 2.30 bits per heavy atom. The fourth-order valence-electron chi connectivity index (χ4n) is 0.290.